The van der Waals surface area contributed by atoms with Crippen molar-refractivity contribution in [1.82, 2.24) is 5.32 Å². The maximum atomic E-state index is 3.28. The molecule has 2 heteroatoms. The van der Waals surface area contributed by atoms with Gasteiger partial charge in [-0.2, -0.15) is 0 Å². The number of hydrogen-bond acceptors (Lipinski definition) is 1. The second-order valence-electron chi connectivity index (χ2n) is 7.42. The first kappa shape index (κ1) is 20.5. The summed E-state index contributed by atoms with van der Waals surface area (Å²) in [5, 5.41) is 3.28. The molecular weight excluding hydrogens is 280 g/mol. The molecule has 1 N–H and O–H groups in total. The lowest BCUT2D eigenvalue weighted by Gasteiger charge is -2.03. The van der Waals surface area contributed by atoms with Crippen LogP contribution in [0.4, 0.5) is 0 Å². The normalized spacial score (nSPS) is 14.0. The maximum absolute atomic E-state index is 3.28. The predicted octanol–water partition coefficient (Wildman–Crippen LogP) is 5.89. The van der Waals surface area contributed by atoms with E-state index in [0.29, 0.717) is 0 Å². The molecule has 0 amide bonds. The van der Waals surface area contributed by atoms with E-state index in [2.05, 4.69) is 23.2 Å². The Morgan fingerprint density at radius 2 is 1.09 bits per heavy atom. The molecule has 1 aliphatic heterocycles. The summed E-state index contributed by atoms with van der Waals surface area (Å²) in [4.78, 5) is 0. The molecule has 0 aromatic carbocycles. The Balaban J connectivity index is 1.65. The molecule has 0 spiro atoms. The van der Waals surface area contributed by atoms with E-state index in [1.165, 1.54) is 116 Å². The molecule has 1 aliphatic rings. The van der Waals surface area contributed by atoms with Gasteiger partial charge in [0, 0.05) is 0 Å². The third-order valence-corrected chi connectivity index (χ3v) is 5.12. The minimum absolute atomic E-state index is 1.14. The summed E-state index contributed by atoms with van der Waals surface area (Å²) in [6, 6.07) is 0. The van der Waals surface area contributed by atoms with Crippen LogP contribution in [0.5, 0.6) is 0 Å². The second kappa shape index (κ2) is 16.3. The zero-order chi connectivity index (χ0) is 16.4. The molecule has 0 aliphatic carbocycles. The van der Waals surface area contributed by atoms with Gasteiger partial charge in [0.25, 0.3) is 0 Å². The maximum Gasteiger partial charge on any atom is 0.232 e. The van der Waals surface area contributed by atoms with Crippen LogP contribution in [0.3, 0.4) is 0 Å². The third kappa shape index (κ3) is 13.6. The fraction of sp³-hybridized carbons (Fsp3) is 0.952. The lowest BCUT2D eigenvalue weighted by atomic mass is 10.0. The van der Waals surface area contributed by atoms with E-state index in [0.717, 1.165) is 6.54 Å². The molecule has 136 valence electrons. The van der Waals surface area contributed by atoms with Crippen LogP contribution < -0.4 is 5.32 Å². The largest absolute Gasteiger partial charge is 0.277 e. The number of nitrogens with one attached hydrogen (secondary N) is 1. The molecule has 23 heavy (non-hydrogen) atoms. The Kier molecular flexibility index (Phi) is 14.6. The zero-order valence-corrected chi connectivity index (χ0v) is 16.0. The van der Waals surface area contributed by atoms with Gasteiger partial charge in [-0.15, -0.1) is 0 Å². The first-order valence-electron chi connectivity index (χ1n) is 10.7. The average Bonchev–Trinajstić information content (AvgIpc) is 3.08. The van der Waals surface area contributed by atoms with E-state index in [9.17, 15) is 0 Å². The van der Waals surface area contributed by atoms with Crippen LogP contribution in [-0.2, 0) is 0 Å². The summed E-state index contributed by atoms with van der Waals surface area (Å²) in [7, 11) is 0. The lowest BCUT2D eigenvalue weighted by molar-refractivity contribution is -0.514. The smallest absolute Gasteiger partial charge is 0.232 e. The van der Waals surface area contributed by atoms with Crippen LogP contribution in [0.25, 0.3) is 0 Å². The fourth-order valence-corrected chi connectivity index (χ4v) is 3.51. The van der Waals surface area contributed by atoms with Crippen molar-refractivity contribution in [1.29, 1.82) is 0 Å². The van der Waals surface area contributed by atoms with Crippen LogP contribution >= 0.6 is 0 Å². The zero-order valence-electron chi connectivity index (χ0n) is 16.0. The number of nitrogens with zero attached hydrogens (tertiary/aromatic N) is 1. The van der Waals surface area contributed by atoms with Crippen LogP contribution in [0, 0.1) is 0 Å². The van der Waals surface area contributed by atoms with Gasteiger partial charge < -0.3 is 0 Å². The van der Waals surface area contributed by atoms with Crippen LogP contribution in [0.2, 0.25) is 0 Å². The van der Waals surface area contributed by atoms with Crippen molar-refractivity contribution in [2.75, 3.05) is 19.6 Å². The minimum atomic E-state index is 1.14. The third-order valence-electron chi connectivity index (χ3n) is 5.12. The molecule has 0 saturated heterocycles. The molecule has 1 rings (SSSR count). The Morgan fingerprint density at radius 1 is 0.652 bits per heavy atom. The summed E-state index contributed by atoms with van der Waals surface area (Å²) in [6.45, 7) is 5.90. The second-order valence-corrected chi connectivity index (χ2v) is 7.42. The lowest BCUT2D eigenvalue weighted by Crippen LogP contribution is -2.11. The van der Waals surface area contributed by atoms with E-state index >= 15 is 0 Å². The Bertz CT molecular complexity index is 273. The quantitative estimate of drug-likeness (QED) is 0.260. The van der Waals surface area contributed by atoms with Gasteiger partial charge in [-0.1, -0.05) is 96.8 Å². The van der Waals surface area contributed by atoms with E-state index in [-0.39, 0.29) is 0 Å². The highest BCUT2D eigenvalue weighted by molar-refractivity contribution is 5.49. The monoisotopic (exact) mass is 323 g/mol. The number of hydrogen-bond donors (Lipinski definition) is 1. The molecule has 2 nitrogen and oxygen atoms in total. The summed E-state index contributed by atoms with van der Waals surface area (Å²) in [5.74, 6) is 0. The van der Waals surface area contributed by atoms with Gasteiger partial charge in [0.2, 0.25) is 6.34 Å². The van der Waals surface area contributed by atoms with Crippen molar-refractivity contribution in [2.24, 2.45) is 0 Å². The van der Waals surface area contributed by atoms with E-state index in [1.54, 1.807) is 0 Å². The van der Waals surface area contributed by atoms with Gasteiger partial charge in [0.15, 0.2) is 0 Å². The highest BCUT2D eigenvalue weighted by Crippen LogP contribution is 2.13. The highest BCUT2D eigenvalue weighted by atomic mass is 15.1. The molecule has 0 saturated carbocycles. The van der Waals surface area contributed by atoms with Crippen molar-refractivity contribution in [3.63, 3.8) is 0 Å². The number of rotatable bonds is 17. The van der Waals surface area contributed by atoms with E-state index < -0.39 is 0 Å². The predicted molar refractivity (Wildman–Crippen MR) is 104 cm³/mol. The molecule has 0 unspecified atom stereocenters. The Morgan fingerprint density at radius 3 is 1.48 bits per heavy atom. The molecule has 0 fully saturated rings. The van der Waals surface area contributed by atoms with Crippen molar-refractivity contribution in [2.45, 2.75) is 110 Å². The molecule has 0 bridgehead atoms. The molecular formula is C21H43N2+. The highest BCUT2D eigenvalue weighted by Gasteiger charge is 2.06. The van der Waals surface area contributed by atoms with Crippen molar-refractivity contribution in [3.05, 3.63) is 0 Å². The summed E-state index contributed by atoms with van der Waals surface area (Å²) in [6.07, 6.45) is 25.4. The van der Waals surface area contributed by atoms with Crippen molar-refractivity contribution >= 4 is 6.34 Å². The molecule has 0 aromatic rings. The van der Waals surface area contributed by atoms with E-state index in [4.69, 9.17) is 0 Å². The minimum Gasteiger partial charge on any atom is -0.277 e. The SMILES string of the molecule is CCCCCCCCCCCCCCCCCC[N+]1=CNCC1. The summed E-state index contributed by atoms with van der Waals surface area (Å²) < 4.78 is 2.42. The standard InChI is InChI=1S/C21H42N2/c1-2-3-4-5-6-7-8-9-10-11-12-13-14-15-16-17-19-23-20-18-22-21-23/h21H,2-20H2,1H3/p+1. The Labute approximate surface area is 146 Å². The Hall–Kier alpha value is -0.530. The average molecular weight is 324 g/mol. The summed E-state index contributed by atoms with van der Waals surface area (Å²) in [5.41, 5.74) is 0. The van der Waals surface area contributed by atoms with Crippen LogP contribution in [0.15, 0.2) is 0 Å². The van der Waals surface area contributed by atoms with Gasteiger partial charge in [-0.25, -0.2) is 0 Å². The molecule has 0 radical (unpaired) electrons. The first-order valence-corrected chi connectivity index (χ1v) is 10.7. The topological polar surface area (TPSA) is 15.0 Å². The van der Waals surface area contributed by atoms with Gasteiger partial charge in [-0.05, 0) is 12.8 Å². The first-order chi connectivity index (χ1) is 11.4. The number of unbranched alkanes of at least 4 members (excludes halogenated alkanes) is 15. The molecule has 0 aromatic heterocycles. The van der Waals surface area contributed by atoms with Gasteiger partial charge in [-0.3, -0.25) is 9.89 Å². The van der Waals surface area contributed by atoms with Crippen LogP contribution in [0.1, 0.15) is 110 Å². The van der Waals surface area contributed by atoms with E-state index in [1.807, 2.05) is 0 Å². The molecule has 1 heterocycles. The van der Waals surface area contributed by atoms with Crippen molar-refractivity contribution < 1.29 is 4.58 Å². The van der Waals surface area contributed by atoms with Crippen LogP contribution in [-0.4, -0.2) is 30.5 Å². The molecule has 0 atom stereocenters. The van der Waals surface area contributed by atoms with Gasteiger partial charge in [0.1, 0.15) is 13.1 Å². The van der Waals surface area contributed by atoms with Gasteiger partial charge in [0.05, 0.1) is 6.54 Å². The van der Waals surface area contributed by atoms with Gasteiger partial charge >= 0.3 is 0 Å². The fourth-order valence-electron chi connectivity index (χ4n) is 3.51. The van der Waals surface area contributed by atoms with Crippen molar-refractivity contribution in [3.8, 4) is 0 Å². The summed E-state index contributed by atoms with van der Waals surface area (Å²) >= 11 is 0.